The molecule has 104 valence electrons. The number of rotatable bonds is 3. The molecule has 3 rings (SSSR count). The fraction of sp³-hybridized carbons (Fsp3) is 0.571. The molecule has 0 aromatic heterocycles. The standard InChI is InChI=1S/C14H21N3O2/c1-11(9-15)16-4-6-17(7-5-16)12-2-3-13-14(8-12)19-10-18-13/h2-3,8,11H,4-7,9-10,15H2,1H3. The van der Waals surface area contributed by atoms with E-state index in [1.54, 1.807) is 0 Å². The number of nitrogens with two attached hydrogens (primary N) is 1. The van der Waals surface area contributed by atoms with Gasteiger partial charge in [0.1, 0.15) is 0 Å². The maximum Gasteiger partial charge on any atom is 0.231 e. The van der Waals surface area contributed by atoms with E-state index in [1.807, 2.05) is 6.07 Å². The van der Waals surface area contributed by atoms with Crippen LogP contribution in [0.25, 0.3) is 0 Å². The van der Waals surface area contributed by atoms with E-state index in [4.69, 9.17) is 15.2 Å². The maximum absolute atomic E-state index is 5.72. The van der Waals surface area contributed by atoms with Crippen molar-refractivity contribution in [1.82, 2.24) is 4.90 Å². The van der Waals surface area contributed by atoms with E-state index in [-0.39, 0.29) is 0 Å². The number of hydrogen-bond donors (Lipinski definition) is 1. The topological polar surface area (TPSA) is 51.0 Å². The molecule has 5 nitrogen and oxygen atoms in total. The normalized spacial score (nSPS) is 20.6. The first-order chi connectivity index (χ1) is 9.28. The summed E-state index contributed by atoms with van der Waals surface area (Å²) in [6.07, 6.45) is 0. The summed E-state index contributed by atoms with van der Waals surface area (Å²) < 4.78 is 10.8. The van der Waals surface area contributed by atoms with Crippen molar-refractivity contribution < 1.29 is 9.47 Å². The summed E-state index contributed by atoms with van der Waals surface area (Å²) in [4.78, 5) is 4.84. The second-order valence-corrected chi connectivity index (χ2v) is 5.15. The molecular formula is C14H21N3O2. The highest BCUT2D eigenvalue weighted by atomic mass is 16.7. The number of piperazine rings is 1. The molecule has 2 N–H and O–H groups in total. The fourth-order valence-electron chi connectivity index (χ4n) is 2.65. The molecule has 1 aromatic carbocycles. The number of ether oxygens (including phenoxy) is 2. The molecule has 2 aliphatic rings. The fourth-order valence-corrected chi connectivity index (χ4v) is 2.65. The Balaban J connectivity index is 1.65. The van der Waals surface area contributed by atoms with E-state index in [0.717, 1.165) is 44.2 Å². The Hall–Kier alpha value is -1.46. The van der Waals surface area contributed by atoms with Crippen molar-refractivity contribution in [3.05, 3.63) is 18.2 Å². The summed E-state index contributed by atoms with van der Waals surface area (Å²) >= 11 is 0. The average Bonchev–Trinajstić information content (AvgIpc) is 2.94. The third-order valence-corrected chi connectivity index (χ3v) is 4.00. The Morgan fingerprint density at radius 3 is 2.63 bits per heavy atom. The van der Waals surface area contributed by atoms with Crippen LogP contribution in [-0.2, 0) is 0 Å². The van der Waals surface area contributed by atoms with Gasteiger partial charge in [0.2, 0.25) is 6.79 Å². The highest BCUT2D eigenvalue weighted by Crippen LogP contribution is 2.35. The van der Waals surface area contributed by atoms with Crippen molar-refractivity contribution >= 4 is 5.69 Å². The van der Waals surface area contributed by atoms with Crippen LogP contribution in [0.2, 0.25) is 0 Å². The molecule has 0 radical (unpaired) electrons. The molecule has 2 heterocycles. The lowest BCUT2D eigenvalue weighted by Crippen LogP contribution is -2.51. The predicted octanol–water partition coefficient (Wildman–Crippen LogP) is 0.884. The van der Waals surface area contributed by atoms with E-state index >= 15 is 0 Å². The van der Waals surface area contributed by atoms with Gasteiger partial charge in [0.05, 0.1) is 0 Å². The lowest BCUT2D eigenvalue weighted by atomic mass is 10.2. The molecule has 1 unspecified atom stereocenters. The summed E-state index contributed by atoms with van der Waals surface area (Å²) in [5, 5.41) is 0. The van der Waals surface area contributed by atoms with Crippen molar-refractivity contribution in [1.29, 1.82) is 0 Å². The molecule has 0 aliphatic carbocycles. The molecule has 5 heteroatoms. The van der Waals surface area contributed by atoms with Gasteiger partial charge in [-0.15, -0.1) is 0 Å². The van der Waals surface area contributed by atoms with Gasteiger partial charge in [0, 0.05) is 50.5 Å². The monoisotopic (exact) mass is 263 g/mol. The number of hydrogen-bond acceptors (Lipinski definition) is 5. The SMILES string of the molecule is CC(CN)N1CCN(c2ccc3c(c2)OCO3)CC1. The lowest BCUT2D eigenvalue weighted by Gasteiger charge is -2.38. The molecule has 0 amide bonds. The van der Waals surface area contributed by atoms with Crippen LogP contribution in [0, 0.1) is 0 Å². The molecule has 0 spiro atoms. The van der Waals surface area contributed by atoms with Crippen molar-refractivity contribution in [2.75, 3.05) is 44.4 Å². The Kier molecular flexibility index (Phi) is 3.48. The van der Waals surface area contributed by atoms with Gasteiger partial charge in [-0.2, -0.15) is 0 Å². The minimum Gasteiger partial charge on any atom is -0.454 e. The van der Waals surface area contributed by atoms with Gasteiger partial charge in [-0.25, -0.2) is 0 Å². The smallest absolute Gasteiger partial charge is 0.231 e. The number of fused-ring (bicyclic) bond motifs is 1. The molecule has 0 bridgehead atoms. The molecule has 19 heavy (non-hydrogen) atoms. The van der Waals surface area contributed by atoms with E-state index < -0.39 is 0 Å². The molecule has 1 atom stereocenters. The average molecular weight is 263 g/mol. The molecular weight excluding hydrogens is 242 g/mol. The van der Waals surface area contributed by atoms with Gasteiger partial charge in [0.15, 0.2) is 11.5 Å². The summed E-state index contributed by atoms with van der Waals surface area (Å²) in [5.74, 6) is 1.70. The van der Waals surface area contributed by atoms with Crippen LogP contribution in [-0.4, -0.2) is 50.5 Å². The van der Waals surface area contributed by atoms with Crippen LogP contribution >= 0.6 is 0 Å². The minimum atomic E-state index is 0.334. The first-order valence-electron chi connectivity index (χ1n) is 6.86. The predicted molar refractivity (Wildman–Crippen MR) is 74.9 cm³/mol. The van der Waals surface area contributed by atoms with Gasteiger partial charge in [0.25, 0.3) is 0 Å². The van der Waals surface area contributed by atoms with Crippen LogP contribution in [0.3, 0.4) is 0 Å². The zero-order chi connectivity index (χ0) is 13.2. The highest BCUT2D eigenvalue weighted by molar-refractivity contribution is 5.57. The summed E-state index contributed by atoms with van der Waals surface area (Å²) in [7, 11) is 0. The first-order valence-corrected chi connectivity index (χ1v) is 6.86. The van der Waals surface area contributed by atoms with Crippen LogP contribution in [0.1, 0.15) is 6.92 Å². The molecule has 2 aliphatic heterocycles. The zero-order valence-electron chi connectivity index (χ0n) is 11.3. The van der Waals surface area contributed by atoms with E-state index in [1.165, 1.54) is 5.69 Å². The second kappa shape index (κ2) is 5.27. The van der Waals surface area contributed by atoms with Crippen LogP contribution < -0.4 is 20.1 Å². The first kappa shape index (κ1) is 12.6. The van der Waals surface area contributed by atoms with Crippen LogP contribution in [0.4, 0.5) is 5.69 Å². The highest BCUT2D eigenvalue weighted by Gasteiger charge is 2.22. The van der Waals surface area contributed by atoms with Gasteiger partial charge in [-0.3, -0.25) is 4.90 Å². The van der Waals surface area contributed by atoms with Crippen LogP contribution in [0.15, 0.2) is 18.2 Å². The van der Waals surface area contributed by atoms with Gasteiger partial charge in [-0.05, 0) is 19.1 Å². The molecule has 0 saturated carbocycles. The number of anilines is 1. The van der Waals surface area contributed by atoms with E-state index in [9.17, 15) is 0 Å². The lowest BCUT2D eigenvalue weighted by molar-refractivity contribution is 0.174. The van der Waals surface area contributed by atoms with Crippen molar-refractivity contribution in [2.24, 2.45) is 5.73 Å². The third kappa shape index (κ3) is 2.48. The van der Waals surface area contributed by atoms with Crippen LogP contribution in [0.5, 0.6) is 11.5 Å². The van der Waals surface area contributed by atoms with E-state index in [2.05, 4.69) is 28.9 Å². The quantitative estimate of drug-likeness (QED) is 0.877. The van der Waals surface area contributed by atoms with Crippen molar-refractivity contribution in [3.63, 3.8) is 0 Å². The van der Waals surface area contributed by atoms with Crippen molar-refractivity contribution in [3.8, 4) is 11.5 Å². The molecule has 1 saturated heterocycles. The van der Waals surface area contributed by atoms with Gasteiger partial charge in [-0.1, -0.05) is 0 Å². The summed E-state index contributed by atoms with van der Waals surface area (Å²) in [6.45, 7) is 7.44. The van der Waals surface area contributed by atoms with E-state index in [0.29, 0.717) is 12.8 Å². The Labute approximate surface area is 113 Å². The number of nitrogens with zero attached hydrogens (tertiary/aromatic N) is 2. The zero-order valence-corrected chi connectivity index (χ0v) is 11.3. The van der Waals surface area contributed by atoms with Gasteiger partial charge >= 0.3 is 0 Å². The second-order valence-electron chi connectivity index (χ2n) is 5.15. The molecule has 1 fully saturated rings. The maximum atomic E-state index is 5.72. The largest absolute Gasteiger partial charge is 0.454 e. The third-order valence-electron chi connectivity index (χ3n) is 4.00. The summed E-state index contributed by atoms with van der Waals surface area (Å²) in [5.41, 5.74) is 6.94. The Bertz CT molecular complexity index is 444. The minimum absolute atomic E-state index is 0.334. The van der Waals surface area contributed by atoms with Crippen molar-refractivity contribution in [2.45, 2.75) is 13.0 Å². The Morgan fingerprint density at radius 1 is 1.16 bits per heavy atom. The van der Waals surface area contributed by atoms with Gasteiger partial charge < -0.3 is 20.1 Å². The summed E-state index contributed by atoms with van der Waals surface area (Å²) in [6, 6.07) is 6.64. The number of benzene rings is 1. The molecule has 1 aromatic rings. The Morgan fingerprint density at radius 2 is 1.89 bits per heavy atom.